The van der Waals surface area contributed by atoms with Crippen LogP contribution >= 0.6 is 0 Å². The van der Waals surface area contributed by atoms with Crippen LogP contribution in [0.4, 0.5) is 4.39 Å². The number of hydrogen-bond acceptors (Lipinski definition) is 2. The summed E-state index contributed by atoms with van der Waals surface area (Å²) in [4.78, 5) is 11.8. The number of rotatable bonds is 6. The summed E-state index contributed by atoms with van der Waals surface area (Å²) in [6, 6.07) is 9.32. The van der Waals surface area contributed by atoms with Crippen LogP contribution in [0.3, 0.4) is 0 Å². The van der Waals surface area contributed by atoms with E-state index in [1.165, 1.54) is 12.1 Å². The van der Waals surface area contributed by atoms with Gasteiger partial charge in [-0.25, -0.2) is 4.39 Å². The van der Waals surface area contributed by atoms with E-state index in [0.29, 0.717) is 12.3 Å². The molecule has 1 aromatic carbocycles. The predicted octanol–water partition coefficient (Wildman–Crippen LogP) is 4.01. The van der Waals surface area contributed by atoms with Crippen molar-refractivity contribution < 1.29 is 13.6 Å². The second-order valence-electron chi connectivity index (χ2n) is 4.63. The number of carbonyl (C=O) groups excluding carboxylic acids is 1. The minimum atomic E-state index is -0.297. The summed E-state index contributed by atoms with van der Waals surface area (Å²) < 4.78 is 18.3. The first kappa shape index (κ1) is 14.3. The van der Waals surface area contributed by atoms with Crippen LogP contribution in [-0.4, -0.2) is 12.5 Å². The molecule has 0 fully saturated rings. The van der Waals surface area contributed by atoms with Crippen molar-refractivity contribution in [3.05, 3.63) is 48.0 Å². The maximum absolute atomic E-state index is 12.8. The lowest BCUT2D eigenvalue weighted by Gasteiger charge is -2.02. The lowest BCUT2D eigenvalue weighted by atomic mass is 10.2. The highest BCUT2D eigenvalue weighted by Crippen LogP contribution is 2.22. The normalized spacial score (nSPS) is 10.5. The van der Waals surface area contributed by atoms with Gasteiger partial charge in [-0.2, -0.15) is 0 Å². The molecule has 1 amide bonds. The van der Waals surface area contributed by atoms with Gasteiger partial charge in [0.05, 0.1) is 0 Å². The maximum Gasteiger partial charge on any atom is 0.287 e. The topological polar surface area (TPSA) is 42.2 Å². The minimum absolute atomic E-state index is 0.213. The smallest absolute Gasteiger partial charge is 0.287 e. The van der Waals surface area contributed by atoms with Gasteiger partial charge in [0, 0.05) is 12.1 Å². The van der Waals surface area contributed by atoms with Crippen molar-refractivity contribution in [2.45, 2.75) is 26.2 Å². The Balaban J connectivity index is 1.98. The fraction of sp³-hybridized carbons (Fsp3) is 0.312. The van der Waals surface area contributed by atoms with Gasteiger partial charge in [-0.1, -0.05) is 19.8 Å². The molecule has 1 aromatic heterocycles. The Bertz CT molecular complexity index is 560. The van der Waals surface area contributed by atoms with Crippen molar-refractivity contribution in [3.63, 3.8) is 0 Å². The van der Waals surface area contributed by atoms with Crippen molar-refractivity contribution in [1.82, 2.24) is 5.32 Å². The van der Waals surface area contributed by atoms with Gasteiger partial charge in [-0.15, -0.1) is 0 Å². The Morgan fingerprint density at radius 1 is 1.15 bits per heavy atom. The molecule has 0 saturated carbocycles. The third-order valence-corrected chi connectivity index (χ3v) is 3.02. The van der Waals surface area contributed by atoms with E-state index in [4.69, 9.17) is 4.42 Å². The number of unbranched alkanes of at least 4 members (excludes halogenated alkanes) is 2. The number of nitrogens with one attached hydrogen (secondary N) is 1. The van der Waals surface area contributed by atoms with E-state index in [2.05, 4.69) is 12.2 Å². The quantitative estimate of drug-likeness (QED) is 0.809. The average Bonchev–Trinajstić information content (AvgIpc) is 2.94. The molecule has 1 N–H and O–H groups in total. The van der Waals surface area contributed by atoms with Gasteiger partial charge in [0.15, 0.2) is 5.76 Å². The van der Waals surface area contributed by atoms with Crippen LogP contribution in [-0.2, 0) is 0 Å². The SMILES string of the molecule is CCCCCNC(=O)c1ccc(-c2ccc(F)cc2)o1. The number of furan rings is 1. The summed E-state index contributed by atoms with van der Waals surface area (Å²) >= 11 is 0. The molecule has 1 heterocycles. The van der Waals surface area contributed by atoms with Crippen LogP contribution in [0.15, 0.2) is 40.8 Å². The van der Waals surface area contributed by atoms with Crippen molar-refractivity contribution in [2.24, 2.45) is 0 Å². The second kappa shape index (κ2) is 6.89. The first-order valence-electron chi connectivity index (χ1n) is 6.84. The number of amides is 1. The van der Waals surface area contributed by atoms with Crippen molar-refractivity contribution in [1.29, 1.82) is 0 Å². The Kier molecular flexibility index (Phi) is 4.93. The van der Waals surface area contributed by atoms with E-state index in [9.17, 15) is 9.18 Å². The van der Waals surface area contributed by atoms with Gasteiger partial charge in [-0.05, 0) is 42.8 Å². The fourth-order valence-corrected chi connectivity index (χ4v) is 1.89. The summed E-state index contributed by atoms with van der Waals surface area (Å²) in [5.74, 6) is 0.327. The third-order valence-electron chi connectivity index (χ3n) is 3.02. The number of benzene rings is 1. The van der Waals surface area contributed by atoms with Crippen LogP contribution in [0.5, 0.6) is 0 Å². The van der Waals surface area contributed by atoms with Crippen LogP contribution in [0.25, 0.3) is 11.3 Å². The molecule has 20 heavy (non-hydrogen) atoms. The molecule has 0 bridgehead atoms. The molecule has 106 valence electrons. The van der Waals surface area contributed by atoms with Crippen LogP contribution in [0, 0.1) is 5.82 Å². The molecule has 0 spiro atoms. The minimum Gasteiger partial charge on any atom is -0.451 e. The van der Waals surface area contributed by atoms with E-state index >= 15 is 0 Å². The Morgan fingerprint density at radius 3 is 2.60 bits per heavy atom. The third kappa shape index (κ3) is 3.70. The summed E-state index contributed by atoms with van der Waals surface area (Å²) in [6.07, 6.45) is 3.18. The van der Waals surface area contributed by atoms with Gasteiger partial charge in [0.25, 0.3) is 5.91 Å². The maximum atomic E-state index is 12.8. The number of hydrogen-bond donors (Lipinski definition) is 1. The monoisotopic (exact) mass is 275 g/mol. The van der Waals surface area contributed by atoms with Crippen molar-refractivity contribution in [3.8, 4) is 11.3 Å². The van der Waals surface area contributed by atoms with Crippen LogP contribution in [0.1, 0.15) is 36.7 Å². The van der Waals surface area contributed by atoms with Crippen LogP contribution < -0.4 is 5.32 Å². The predicted molar refractivity (Wildman–Crippen MR) is 76.0 cm³/mol. The van der Waals surface area contributed by atoms with E-state index in [0.717, 1.165) is 24.8 Å². The summed E-state index contributed by atoms with van der Waals surface area (Å²) in [6.45, 7) is 2.77. The molecule has 0 radical (unpaired) electrons. The van der Waals surface area contributed by atoms with E-state index in [-0.39, 0.29) is 17.5 Å². The highest BCUT2D eigenvalue weighted by Gasteiger charge is 2.11. The fourth-order valence-electron chi connectivity index (χ4n) is 1.89. The zero-order valence-electron chi connectivity index (χ0n) is 11.5. The van der Waals surface area contributed by atoms with Gasteiger partial charge in [0.1, 0.15) is 11.6 Å². The molecule has 0 aliphatic carbocycles. The molecule has 2 aromatic rings. The summed E-state index contributed by atoms with van der Waals surface area (Å²) in [5, 5.41) is 2.81. The first-order chi connectivity index (χ1) is 9.70. The average molecular weight is 275 g/mol. The van der Waals surface area contributed by atoms with Gasteiger partial charge >= 0.3 is 0 Å². The molecule has 3 nitrogen and oxygen atoms in total. The summed E-state index contributed by atoms with van der Waals surface area (Å²) in [7, 11) is 0. The van der Waals surface area contributed by atoms with E-state index in [1.54, 1.807) is 24.3 Å². The zero-order valence-corrected chi connectivity index (χ0v) is 11.5. The summed E-state index contributed by atoms with van der Waals surface area (Å²) in [5.41, 5.74) is 0.747. The first-order valence-corrected chi connectivity index (χ1v) is 6.84. The van der Waals surface area contributed by atoms with E-state index < -0.39 is 0 Å². The molecule has 2 rings (SSSR count). The molecule has 4 heteroatoms. The lowest BCUT2D eigenvalue weighted by molar-refractivity contribution is 0.0926. The second-order valence-corrected chi connectivity index (χ2v) is 4.63. The van der Waals surface area contributed by atoms with Gasteiger partial charge in [-0.3, -0.25) is 4.79 Å². The standard InChI is InChI=1S/C16H18FNO2/c1-2-3-4-11-18-16(19)15-10-9-14(20-15)12-5-7-13(17)8-6-12/h5-10H,2-4,11H2,1H3,(H,18,19). The Hall–Kier alpha value is -2.10. The van der Waals surface area contributed by atoms with E-state index in [1.807, 2.05) is 0 Å². The molecule has 0 unspecified atom stereocenters. The zero-order chi connectivity index (χ0) is 14.4. The Labute approximate surface area is 117 Å². The molecule has 0 aliphatic heterocycles. The van der Waals surface area contributed by atoms with Gasteiger partial charge < -0.3 is 9.73 Å². The largest absolute Gasteiger partial charge is 0.451 e. The molecule has 0 atom stereocenters. The molecule has 0 aliphatic rings. The highest BCUT2D eigenvalue weighted by atomic mass is 19.1. The number of carbonyl (C=O) groups is 1. The molecule has 0 saturated heterocycles. The molecular formula is C16H18FNO2. The lowest BCUT2D eigenvalue weighted by Crippen LogP contribution is -2.23. The van der Waals surface area contributed by atoms with Crippen LogP contribution in [0.2, 0.25) is 0 Å². The number of halogens is 1. The van der Waals surface area contributed by atoms with Crippen molar-refractivity contribution >= 4 is 5.91 Å². The van der Waals surface area contributed by atoms with Gasteiger partial charge in [0.2, 0.25) is 0 Å². The van der Waals surface area contributed by atoms with Crippen molar-refractivity contribution in [2.75, 3.05) is 6.54 Å². The highest BCUT2D eigenvalue weighted by molar-refractivity contribution is 5.92. The molecular weight excluding hydrogens is 257 g/mol. The Morgan fingerprint density at radius 2 is 1.90 bits per heavy atom.